The van der Waals surface area contributed by atoms with Crippen molar-refractivity contribution < 1.29 is 14.0 Å². The number of benzene rings is 2. The van der Waals surface area contributed by atoms with Gasteiger partial charge in [-0.15, -0.1) is 0 Å². The molecule has 0 spiro atoms. The minimum Gasteiger partial charge on any atom is -0.352 e. The van der Waals surface area contributed by atoms with E-state index in [-0.39, 0.29) is 31.2 Å². The zero-order valence-electron chi connectivity index (χ0n) is 12.3. The minimum atomic E-state index is -0.397. The lowest BCUT2D eigenvalue weighted by molar-refractivity contribution is -0.129. The molecule has 23 heavy (non-hydrogen) atoms. The minimum absolute atomic E-state index is 0.247. The third-order valence-corrected chi connectivity index (χ3v) is 3.53. The average molecular weight is 335 g/mol. The van der Waals surface area contributed by atoms with Gasteiger partial charge in [0.05, 0.1) is 0 Å². The topological polar surface area (TPSA) is 58.2 Å². The van der Waals surface area contributed by atoms with Gasteiger partial charge in [-0.05, 0) is 29.3 Å². The van der Waals surface area contributed by atoms with Crippen LogP contribution in [0.25, 0.3) is 0 Å². The molecule has 0 aromatic heterocycles. The first-order valence-corrected chi connectivity index (χ1v) is 7.43. The second kappa shape index (κ2) is 8.29. The summed E-state index contributed by atoms with van der Waals surface area (Å²) < 4.78 is 12.8. The van der Waals surface area contributed by atoms with Crippen LogP contribution in [0.1, 0.15) is 17.5 Å². The van der Waals surface area contributed by atoms with E-state index in [9.17, 15) is 14.0 Å². The molecule has 2 amide bonds. The molecule has 0 bridgehead atoms. The maximum atomic E-state index is 12.8. The number of nitrogens with one attached hydrogen (secondary N) is 2. The van der Waals surface area contributed by atoms with Crippen molar-refractivity contribution in [2.45, 2.75) is 19.5 Å². The van der Waals surface area contributed by atoms with Gasteiger partial charge in [0.2, 0.25) is 11.8 Å². The summed E-state index contributed by atoms with van der Waals surface area (Å²) in [6.07, 6.45) is -0.272. The monoisotopic (exact) mass is 334 g/mol. The molecule has 120 valence electrons. The fraction of sp³-hybridized carbons (Fsp3) is 0.176. The molecule has 0 aliphatic heterocycles. The van der Waals surface area contributed by atoms with Gasteiger partial charge in [-0.1, -0.05) is 41.9 Å². The summed E-state index contributed by atoms with van der Waals surface area (Å²) in [7, 11) is 0. The van der Waals surface area contributed by atoms with E-state index in [1.165, 1.54) is 12.1 Å². The second-order valence-corrected chi connectivity index (χ2v) is 5.36. The Morgan fingerprint density at radius 2 is 1.52 bits per heavy atom. The van der Waals surface area contributed by atoms with E-state index in [2.05, 4.69) is 10.6 Å². The summed E-state index contributed by atoms with van der Waals surface area (Å²) in [4.78, 5) is 23.4. The van der Waals surface area contributed by atoms with Gasteiger partial charge in [0.15, 0.2) is 0 Å². The van der Waals surface area contributed by atoms with Crippen LogP contribution in [0.2, 0.25) is 5.02 Å². The normalized spacial score (nSPS) is 10.2. The molecule has 0 aliphatic carbocycles. The molecular weight excluding hydrogens is 319 g/mol. The van der Waals surface area contributed by atoms with Crippen LogP contribution in [0.15, 0.2) is 48.5 Å². The average Bonchev–Trinajstić information content (AvgIpc) is 2.53. The van der Waals surface area contributed by atoms with Gasteiger partial charge in [-0.3, -0.25) is 9.59 Å². The predicted molar refractivity (Wildman–Crippen MR) is 86.2 cm³/mol. The zero-order chi connectivity index (χ0) is 16.7. The smallest absolute Gasteiger partial charge is 0.229 e. The van der Waals surface area contributed by atoms with Gasteiger partial charge in [0, 0.05) is 18.1 Å². The van der Waals surface area contributed by atoms with Gasteiger partial charge in [0.1, 0.15) is 12.2 Å². The fourth-order valence-corrected chi connectivity index (χ4v) is 2.11. The Morgan fingerprint density at radius 1 is 0.913 bits per heavy atom. The number of hydrogen-bond acceptors (Lipinski definition) is 2. The third-order valence-electron chi connectivity index (χ3n) is 3.16. The number of hydrogen-bond donors (Lipinski definition) is 2. The van der Waals surface area contributed by atoms with E-state index < -0.39 is 5.91 Å². The molecule has 2 aromatic rings. The summed E-state index contributed by atoms with van der Waals surface area (Å²) in [6.45, 7) is 0.515. The second-order valence-electron chi connectivity index (χ2n) is 4.95. The number of rotatable bonds is 6. The van der Waals surface area contributed by atoms with E-state index in [1.807, 2.05) is 6.07 Å². The molecule has 0 heterocycles. The van der Waals surface area contributed by atoms with Crippen molar-refractivity contribution in [3.8, 4) is 0 Å². The van der Waals surface area contributed by atoms with Gasteiger partial charge in [-0.25, -0.2) is 4.39 Å². The molecule has 0 unspecified atom stereocenters. The molecule has 0 saturated heterocycles. The molecule has 0 aliphatic rings. The van der Waals surface area contributed by atoms with Crippen molar-refractivity contribution in [2.75, 3.05) is 0 Å². The lowest BCUT2D eigenvalue weighted by Crippen LogP contribution is -2.31. The van der Waals surface area contributed by atoms with Crippen LogP contribution in [0.4, 0.5) is 4.39 Å². The Kier molecular flexibility index (Phi) is 6.11. The van der Waals surface area contributed by atoms with Gasteiger partial charge in [-0.2, -0.15) is 0 Å². The Bertz CT molecular complexity index is 689. The third kappa shape index (κ3) is 5.71. The Morgan fingerprint density at radius 3 is 2.17 bits per heavy atom. The maximum Gasteiger partial charge on any atom is 0.229 e. The van der Waals surface area contributed by atoms with Crippen LogP contribution >= 0.6 is 11.6 Å². The number of halogens is 2. The van der Waals surface area contributed by atoms with Gasteiger partial charge < -0.3 is 10.6 Å². The molecular formula is C17H16ClFN2O2. The van der Waals surface area contributed by atoms with Crippen molar-refractivity contribution in [3.63, 3.8) is 0 Å². The summed E-state index contributed by atoms with van der Waals surface area (Å²) >= 11 is 5.98. The molecule has 2 N–H and O–H groups in total. The van der Waals surface area contributed by atoms with E-state index in [1.54, 1.807) is 30.3 Å². The lowest BCUT2D eigenvalue weighted by atomic mass is 10.2. The zero-order valence-corrected chi connectivity index (χ0v) is 13.1. The molecule has 2 aromatic carbocycles. The molecule has 6 heteroatoms. The summed E-state index contributed by atoms with van der Waals surface area (Å²) in [5.74, 6) is -1.12. The largest absolute Gasteiger partial charge is 0.352 e. The molecule has 0 saturated carbocycles. The number of amides is 2. The highest BCUT2D eigenvalue weighted by Crippen LogP contribution is 2.14. The van der Waals surface area contributed by atoms with Gasteiger partial charge >= 0.3 is 0 Å². The predicted octanol–water partition coefficient (Wildman–Crippen LogP) is 2.80. The first-order chi connectivity index (χ1) is 11.0. The lowest BCUT2D eigenvalue weighted by Gasteiger charge is -2.08. The van der Waals surface area contributed by atoms with Crippen molar-refractivity contribution in [1.29, 1.82) is 0 Å². The quantitative estimate of drug-likeness (QED) is 0.798. The summed E-state index contributed by atoms with van der Waals surface area (Å²) in [6, 6.07) is 12.9. The van der Waals surface area contributed by atoms with Crippen LogP contribution in [0, 0.1) is 5.82 Å². The van der Waals surface area contributed by atoms with Crippen LogP contribution in [-0.2, 0) is 22.7 Å². The van der Waals surface area contributed by atoms with Crippen molar-refractivity contribution in [2.24, 2.45) is 0 Å². The van der Waals surface area contributed by atoms with Crippen LogP contribution in [0.3, 0.4) is 0 Å². The molecule has 0 fully saturated rings. The number of carbonyl (C=O) groups is 2. The van der Waals surface area contributed by atoms with Crippen molar-refractivity contribution in [3.05, 3.63) is 70.5 Å². The SMILES string of the molecule is O=C(CC(=O)NCc1ccccc1Cl)NCc1ccc(F)cc1. The Labute approximate surface area is 138 Å². The highest BCUT2D eigenvalue weighted by atomic mass is 35.5. The first-order valence-electron chi connectivity index (χ1n) is 7.06. The molecule has 4 nitrogen and oxygen atoms in total. The van der Waals surface area contributed by atoms with Crippen molar-refractivity contribution in [1.82, 2.24) is 10.6 Å². The Balaban J connectivity index is 1.73. The fourth-order valence-electron chi connectivity index (χ4n) is 1.91. The maximum absolute atomic E-state index is 12.8. The summed E-state index contributed by atoms with van der Waals surface area (Å²) in [5, 5.41) is 5.82. The molecule has 0 atom stereocenters. The van der Waals surface area contributed by atoms with Crippen LogP contribution in [-0.4, -0.2) is 11.8 Å². The standard InChI is InChI=1S/C17H16ClFN2O2/c18-15-4-2-1-3-13(15)11-21-17(23)9-16(22)20-10-12-5-7-14(19)8-6-12/h1-8H,9-11H2,(H,20,22)(H,21,23). The Hall–Kier alpha value is -2.40. The van der Waals surface area contributed by atoms with E-state index in [4.69, 9.17) is 11.6 Å². The molecule has 0 radical (unpaired) electrons. The number of carbonyl (C=O) groups excluding carboxylic acids is 2. The molecule has 2 rings (SSSR count). The highest BCUT2D eigenvalue weighted by molar-refractivity contribution is 6.31. The van der Waals surface area contributed by atoms with Crippen molar-refractivity contribution >= 4 is 23.4 Å². The summed E-state index contributed by atoms with van der Waals surface area (Å²) in [5.41, 5.74) is 1.55. The van der Waals surface area contributed by atoms with E-state index in [0.29, 0.717) is 5.02 Å². The van der Waals surface area contributed by atoms with E-state index >= 15 is 0 Å². The van der Waals surface area contributed by atoms with Crippen LogP contribution in [0.5, 0.6) is 0 Å². The van der Waals surface area contributed by atoms with Gasteiger partial charge in [0.25, 0.3) is 0 Å². The van der Waals surface area contributed by atoms with Crippen LogP contribution < -0.4 is 10.6 Å². The first kappa shape index (κ1) is 17.0. The highest BCUT2D eigenvalue weighted by Gasteiger charge is 2.09. The van der Waals surface area contributed by atoms with E-state index in [0.717, 1.165) is 11.1 Å².